The van der Waals surface area contributed by atoms with Crippen LogP contribution in [-0.2, 0) is 17.8 Å². The molecule has 0 aliphatic carbocycles. The molecule has 3 fully saturated rings. The number of carbonyl (C=O) groups excluding carboxylic acids is 1. The number of benzene rings is 2. The Balaban J connectivity index is 1.14. The van der Waals surface area contributed by atoms with Crippen LogP contribution in [0.3, 0.4) is 0 Å². The van der Waals surface area contributed by atoms with Crippen LogP contribution < -0.4 is 14.5 Å². The fraction of sp³-hybridized carbons (Fsp3) is 0.500. The zero-order chi connectivity index (χ0) is 34.8. The van der Waals surface area contributed by atoms with E-state index in [0.29, 0.717) is 63.5 Å². The van der Waals surface area contributed by atoms with Crippen molar-refractivity contribution in [2.24, 2.45) is 5.92 Å². The van der Waals surface area contributed by atoms with Crippen molar-refractivity contribution in [3.63, 3.8) is 0 Å². The van der Waals surface area contributed by atoms with Crippen molar-refractivity contribution < 1.29 is 9.53 Å². The van der Waals surface area contributed by atoms with E-state index in [1.165, 1.54) is 0 Å². The average molecular weight is 694 g/mol. The third-order valence-electron chi connectivity index (χ3n) is 10.8. The largest absolute Gasteiger partial charge is 0.462 e. The monoisotopic (exact) mass is 693 g/mol. The number of halogens is 1. The van der Waals surface area contributed by atoms with Crippen LogP contribution in [0.2, 0.25) is 5.02 Å². The number of nitrogens with zero attached hydrogens (tertiary/aromatic N) is 9. The molecule has 0 unspecified atom stereocenters. The van der Waals surface area contributed by atoms with E-state index < -0.39 is 0 Å². The second kappa shape index (κ2) is 14.8. The first kappa shape index (κ1) is 34.0. The fourth-order valence-electron chi connectivity index (χ4n) is 8.04. The summed E-state index contributed by atoms with van der Waals surface area (Å²) >= 11 is 6.74. The highest BCUT2D eigenvalue weighted by Crippen LogP contribution is 2.37. The number of amides is 1. The molecule has 0 radical (unpaired) electrons. The van der Waals surface area contributed by atoms with Gasteiger partial charge in [-0.3, -0.25) is 9.69 Å². The molecule has 3 aromatic rings. The molecule has 0 N–H and O–H groups in total. The lowest BCUT2D eigenvalue weighted by Crippen LogP contribution is -2.56. The maximum Gasteiger partial charge on any atom is 0.318 e. The van der Waals surface area contributed by atoms with Crippen LogP contribution in [0.1, 0.15) is 36.9 Å². The van der Waals surface area contributed by atoms with E-state index in [1.54, 1.807) is 0 Å². The lowest BCUT2D eigenvalue weighted by Gasteiger charge is -2.43. The number of fused-ring (bicyclic) bond motifs is 2. The number of hydrogen-bond donors (Lipinski definition) is 0. The van der Waals surface area contributed by atoms with Crippen LogP contribution in [0.15, 0.2) is 48.6 Å². The fourth-order valence-corrected chi connectivity index (χ4v) is 8.32. The molecule has 50 heavy (non-hydrogen) atoms. The van der Waals surface area contributed by atoms with E-state index in [9.17, 15) is 15.3 Å². The predicted molar refractivity (Wildman–Crippen MR) is 194 cm³/mol. The van der Waals surface area contributed by atoms with Crippen LogP contribution in [0, 0.1) is 28.6 Å². The molecular formula is C38H44ClN9O2. The number of aromatic nitrogens is 2. The molecule has 1 aromatic heterocycles. The Morgan fingerprint density at radius 2 is 1.86 bits per heavy atom. The van der Waals surface area contributed by atoms with Crippen molar-refractivity contribution in [2.75, 3.05) is 75.8 Å². The van der Waals surface area contributed by atoms with Gasteiger partial charge in [0, 0.05) is 67.5 Å². The summed E-state index contributed by atoms with van der Waals surface area (Å²) in [6.45, 7) is 10.4. The van der Waals surface area contributed by atoms with E-state index in [1.807, 2.05) is 17.0 Å². The Bertz CT molecular complexity index is 1850. The smallest absolute Gasteiger partial charge is 0.318 e. The van der Waals surface area contributed by atoms with E-state index in [4.69, 9.17) is 26.3 Å². The average Bonchev–Trinajstić information content (AvgIpc) is 3.77. The third-order valence-corrected chi connectivity index (χ3v) is 11.1. The molecule has 4 aliphatic heterocycles. The van der Waals surface area contributed by atoms with E-state index in [0.717, 1.165) is 83.9 Å². The van der Waals surface area contributed by atoms with Gasteiger partial charge in [-0.1, -0.05) is 42.4 Å². The predicted octanol–water partition coefficient (Wildman–Crippen LogP) is 4.65. The number of likely N-dealkylation sites (tertiary alicyclic amines) is 2. The molecule has 0 bridgehead atoms. The highest BCUT2D eigenvalue weighted by molar-refractivity contribution is 6.36. The summed E-state index contributed by atoms with van der Waals surface area (Å²) < 4.78 is 6.35. The van der Waals surface area contributed by atoms with Gasteiger partial charge < -0.3 is 24.3 Å². The highest BCUT2D eigenvalue weighted by Gasteiger charge is 2.36. The first-order valence-corrected chi connectivity index (χ1v) is 18.1. The lowest BCUT2D eigenvalue weighted by atomic mass is 10.0. The number of hydrogen-bond acceptors (Lipinski definition) is 10. The Labute approximate surface area is 299 Å². The van der Waals surface area contributed by atoms with E-state index in [2.05, 4.69) is 69.6 Å². The number of likely N-dealkylation sites (N-methyl/N-ethyl adjacent to an activating group) is 1. The standard InChI is InChI=1S/C38H44ClN9O2/c1-26(21-45-16-12-27(20-41)22-45)37(49)48-19-18-47(23-29(48)11-14-40)36-31-13-17-46(34-10-4-7-28-6-3-9-32(39)35(28)34)24-33(31)42-38(43-36)50-25-30-8-5-15-44(30)2/h3-4,6-7,9-10,27,29-30H,1,5,8,11-13,15-19,21-25H2,2H3/t27-,29+,30+/m1/s1. The van der Waals surface area contributed by atoms with Gasteiger partial charge in [-0.25, -0.2) is 0 Å². The summed E-state index contributed by atoms with van der Waals surface area (Å²) in [6, 6.07) is 17.3. The summed E-state index contributed by atoms with van der Waals surface area (Å²) in [5.41, 5.74) is 3.58. The molecule has 12 heteroatoms. The van der Waals surface area contributed by atoms with Gasteiger partial charge >= 0.3 is 6.01 Å². The van der Waals surface area contributed by atoms with Crippen LogP contribution >= 0.6 is 11.6 Å². The number of rotatable bonds is 9. The van der Waals surface area contributed by atoms with Crippen LogP contribution in [0.5, 0.6) is 6.01 Å². The van der Waals surface area contributed by atoms with Gasteiger partial charge in [-0.15, -0.1) is 0 Å². The molecule has 7 rings (SSSR count). The highest BCUT2D eigenvalue weighted by atomic mass is 35.5. The molecular weight excluding hydrogens is 650 g/mol. The zero-order valence-corrected chi connectivity index (χ0v) is 29.5. The van der Waals surface area contributed by atoms with Crippen molar-refractivity contribution in [3.05, 3.63) is 64.8 Å². The number of anilines is 2. The number of nitriles is 2. The van der Waals surface area contributed by atoms with E-state index >= 15 is 0 Å². The molecule has 1 amide bonds. The maximum absolute atomic E-state index is 13.7. The topological polar surface area (TPSA) is 116 Å². The Morgan fingerprint density at radius 3 is 2.62 bits per heavy atom. The van der Waals surface area contributed by atoms with Crippen molar-refractivity contribution >= 4 is 39.8 Å². The summed E-state index contributed by atoms with van der Waals surface area (Å²) in [6.07, 6.45) is 3.98. The number of ether oxygens (including phenoxy) is 1. The van der Waals surface area contributed by atoms with Crippen molar-refractivity contribution in [3.8, 4) is 18.1 Å². The van der Waals surface area contributed by atoms with Gasteiger partial charge in [0.2, 0.25) is 0 Å². The lowest BCUT2D eigenvalue weighted by molar-refractivity contribution is -0.130. The molecule has 5 heterocycles. The van der Waals surface area contributed by atoms with Gasteiger partial charge in [0.1, 0.15) is 12.4 Å². The zero-order valence-electron chi connectivity index (χ0n) is 28.7. The molecule has 3 atom stereocenters. The third kappa shape index (κ3) is 6.96. The van der Waals surface area contributed by atoms with Crippen molar-refractivity contribution in [1.29, 1.82) is 10.5 Å². The Kier molecular flexibility index (Phi) is 10.1. The van der Waals surface area contributed by atoms with Crippen molar-refractivity contribution in [1.82, 2.24) is 24.7 Å². The minimum atomic E-state index is -0.316. The molecule has 0 saturated carbocycles. The molecule has 2 aromatic carbocycles. The first-order chi connectivity index (χ1) is 24.3. The van der Waals surface area contributed by atoms with Gasteiger partial charge in [-0.2, -0.15) is 20.5 Å². The second-order valence-corrected chi connectivity index (χ2v) is 14.5. The minimum Gasteiger partial charge on any atom is -0.462 e. The van der Waals surface area contributed by atoms with E-state index in [-0.39, 0.29) is 24.3 Å². The van der Waals surface area contributed by atoms with Gasteiger partial charge in [0.25, 0.3) is 5.91 Å². The quantitative estimate of drug-likeness (QED) is 0.293. The summed E-state index contributed by atoms with van der Waals surface area (Å²) in [7, 11) is 2.13. The van der Waals surface area contributed by atoms with Gasteiger partial charge in [-0.05, 0) is 63.3 Å². The van der Waals surface area contributed by atoms with Gasteiger partial charge in [0.15, 0.2) is 0 Å². The van der Waals surface area contributed by atoms with Gasteiger partial charge in [0.05, 0.1) is 47.8 Å². The molecule has 3 saturated heterocycles. The number of piperazine rings is 1. The second-order valence-electron chi connectivity index (χ2n) is 14.0. The molecule has 4 aliphatic rings. The first-order valence-electron chi connectivity index (χ1n) is 17.7. The SMILES string of the molecule is C=C(CN1CC[C@H](C#N)C1)C(=O)N1CCN(c2nc(OC[C@@H]3CCCN3C)nc3c2CCN(c2cccc4cccc(Cl)c24)C3)C[C@@H]1CC#N. The normalized spacial score (nSPS) is 22.7. The summed E-state index contributed by atoms with van der Waals surface area (Å²) in [4.78, 5) is 34.6. The maximum atomic E-state index is 13.7. The molecule has 260 valence electrons. The minimum absolute atomic E-state index is 0.00330. The van der Waals surface area contributed by atoms with Crippen LogP contribution in [0.4, 0.5) is 11.5 Å². The molecule has 0 spiro atoms. The summed E-state index contributed by atoms with van der Waals surface area (Å²) in [5, 5.41) is 22.0. The van der Waals surface area contributed by atoms with Crippen LogP contribution in [0.25, 0.3) is 10.8 Å². The van der Waals surface area contributed by atoms with Crippen LogP contribution in [-0.4, -0.2) is 109 Å². The summed E-state index contributed by atoms with van der Waals surface area (Å²) in [5.74, 6) is 0.703. The number of carbonyl (C=O) groups is 1. The Morgan fingerprint density at radius 1 is 1.02 bits per heavy atom. The van der Waals surface area contributed by atoms with Crippen molar-refractivity contribution in [2.45, 2.75) is 50.7 Å². The Hall–Kier alpha value is -4.42. The molecule has 11 nitrogen and oxygen atoms in total.